The maximum Gasteiger partial charge on any atom is 0.274 e. The monoisotopic (exact) mass is 306 g/mol. The smallest absolute Gasteiger partial charge is 0.274 e. The molecule has 0 spiro atoms. The number of methoxy groups -OCH3 is 1. The zero-order valence-electron chi connectivity index (χ0n) is 13.3. The fourth-order valence-electron chi connectivity index (χ4n) is 3.50. The van der Waals surface area contributed by atoms with E-state index in [1.54, 1.807) is 7.11 Å². The summed E-state index contributed by atoms with van der Waals surface area (Å²) in [5.74, 6) is 0.510. The predicted molar refractivity (Wildman–Crippen MR) is 83.9 cm³/mol. The van der Waals surface area contributed by atoms with Gasteiger partial charge in [-0.1, -0.05) is 0 Å². The van der Waals surface area contributed by atoms with Gasteiger partial charge in [0.1, 0.15) is 5.69 Å². The third-order valence-corrected chi connectivity index (χ3v) is 4.68. The van der Waals surface area contributed by atoms with Crippen LogP contribution in [0.2, 0.25) is 0 Å². The molecule has 1 amide bonds. The van der Waals surface area contributed by atoms with Crippen LogP contribution in [0, 0.1) is 5.92 Å². The molecule has 3 rings (SSSR count). The van der Waals surface area contributed by atoms with E-state index in [4.69, 9.17) is 4.74 Å². The minimum Gasteiger partial charge on any atom is -0.384 e. The minimum atomic E-state index is 0.0586. The lowest BCUT2D eigenvalue weighted by molar-refractivity contribution is 0.0564. The van der Waals surface area contributed by atoms with E-state index in [1.807, 2.05) is 21.8 Å². The van der Waals surface area contributed by atoms with Crippen molar-refractivity contribution in [2.24, 2.45) is 5.92 Å². The fraction of sp³-hybridized carbons (Fsp3) is 0.750. The summed E-state index contributed by atoms with van der Waals surface area (Å²) >= 11 is 0. The number of hydrogen-bond donors (Lipinski definition) is 1. The molecule has 2 aliphatic heterocycles. The van der Waals surface area contributed by atoms with Crippen molar-refractivity contribution in [1.29, 1.82) is 0 Å². The van der Waals surface area contributed by atoms with E-state index in [9.17, 15) is 4.79 Å². The maximum absolute atomic E-state index is 12.6. The Morgan fingerprint density at radius 3 is 3.14 bits per heavy atom. The van der Waals surface area contributed by atoms with Gasteiger partial charge in [-0.05, 0) is 44.2 Å². The average molecular weight is 306 g/mol. The highest BCUT2D eigenvalue weighted by molar-refractivity contribution is 5.92. The molecule has 3 heterocycles. The first kappa shape index (κ1) is 15.5. The molecule has 6 nitrogen and oxygen atoms in total. The second-order valence-corrected chi connectivity index (χ2v) is 6.40. The van der Waals surface area contributed by atoms with Crippen LogP contribution in [0.1, 0.15) is 42.2 Å². The summed E-state index contributed by atoms with van der Waals surface area (Å²) in [6.45, 7) is 4.36. The Balaban J connectivity index is 1.63. The number of likely N-dealkylation sites (tertiary alicyclic amines) is 1. The van der Waals surface area contributed by atoms with Crippen LogP contribution < -0.4 is 5.32 Å². The van der Waals surface area contributed by atoms with Gasteiger partial charge in [0.2, 0.25) is 0 Å². The van der Waals surface area contributed by atoms with Crippen LogP contribution in [-0.2, 0) is 4.74 Å². The van der Waals surface area contributed by atoms with Gasteiger partial charge in [-0.25, -0.2) is 0 Å². The van der Waals surface area contributed by atoms with Crippen molar-refractivity contribution in [3.63, 3.8) is 0 Å². The third kappa shape index (κ3) is 3.50. The number of nitrogens with one attached hydrogen (secondary N) is 1. The van der Waals surface area contributed by atoms with E-state index in [2.05, 4.69) is 10.4 Å². The van der Waals surface area contributed by atoms with Gasteiger partial charge in [0.25, 0.3) is 5.91 Å². The highest BCUT2D eigenvalue weighted by Crippen LogP contribution is 2.20. The van der Waals surface area contributed by atoms with Crippen molar-refractivity contribution in [1.82, 2.24) is 20.0 Å². The summed E-state index contributed by atoms with van der Waals surface area (Å²) in [7, 11) is 1.72. The first-order chi connectivity index (χ1) is 10.8. The molecule has 0 saturated carbocycles. The summed E-state index contributed by atoms with van der Waals surface area (Å²) in [4.78, 5) is 14.6. The molecular formula is C16H26N4O2. The lowest BCUT2D eigenvalue weighted by atomic mass is 9.99. The van der Waals surface area contributed by atoms with Crippen LogP contribution >= 0.6 is 0 Å². The van der Waals surface area contributed by atoms with E-state index >= 15 is 0 Å². The highest BCUT2D eigenvalue weighted by Gasteiger charge is 2.26. The van der Waals surface area contributed by atoms with E-state index in [1.165, 1.54) is 6.42 Å². The Bertz CT molecular complexity index is 494. The standard InChI is InChI=1S/C16H26N4O2/c1-22-12-13-4-3-8-19(11-13)16(21)15-6-9-20(18-15)14-5-2-7-17-10-14/h6,9,13-14,17H,2-5,7-8,10-12H2,1H3/t13-,14+/m1/s1. The Morgan fingerprint density at radius 1 is 1.45 bits per heavy atom. The summed E-state index contributed by atoms with van der Waals surface area (Å²) in [6.07, 6.45) is 6.43. The molecule has 22 heavy (non-hydrogen) atoms. The lowest BCUT2D eigenvalue weighted by Gasteiger charge is -2.32. The predicted octanol–water partition coefficient (Wildman–Crippen LogP) is 1.31. The van der Waals surface area contributed by atoms with E-state index in [0.717, 1.165) is 52.0 Å². The lowest BCUT2D eigenvalue weighted by Crippen LogP contribution is -2.41. The molecule has 1 aromatic heterocycles. The van der Waals surface area contributed by atoms with E-state index in [-0.39, 0.29) is 5.91 Å². The molecule has 6 heteroatoms. The number of carbonyl (C=O) groups excluding carboxylic acids is 1. The highest BCUT2D eigenvalue weighted by atomic mass is 16.5. The average Bonchev–Trinajstić information content (AvgIpc) is 3.05. The van der Waals surface area contributed by atoms with Crippen molar-refractivity contribution in [3.05, 3.63) is 18.0 Å². The molecule has 2 fully saturated rings. The second kappa shape index (κ2) is 7.24. The van der Waals surface area contributed by atoms with Crippen LogP contribution in [0.25, 0.3) is 0 Å². The van der Waals surface area contributed by atoms with Gasteiger partial charge >= 0.3 is 0 Å². The summed E-state index contributed by atoms with van der Waals surface area (Å²) in [6, 6.07) is 2.23. The second-order valence-electron chi connectivity index (χ2n) is 6.40. The number of rotatable bonds is 4. The number of amides is 1. The van der Waals surface area contributed by atoms with Crippen LogP contribution in [0.5, 0.6) is 0 Å². The number of carbonyl (C=O) groups is 1. The Hall–Kier alpha value is -1.40. The largest absolute Gasteiger partial charge is 0.384 e. The van der Waals surface area contributed by atoms with Crippen LogP contribution in [-0.4, -0.2) is 60.5 Å². The van der Waals surface area contributed by atoms with Gasteiger partial charge < -0.3 is 15.0 Å². The molecule has 2 saturated heterocycles. The first-order valence-electron chi connectivity index (χ1n) is 8.32. The molecule has 2 aliphatic rings. The van der Waals surface area contributed by atoms with Crippen molar-refractivity contribution in [3.8, 4) is 0 Å². The molecule has 0 aliphatic carbocycles. The van der Waals surface area contributed by atoms with E-state index in [0.29, 0.717) is 17.7 Å². The van der Waals surface area contributed by atoms with Gasteiger partial charge in [-0.3, -0.25) is 9.48 Å². The SMILES string of the molecule is COC[C@@H]1CCCN(C(=O)c2ccn([C@H]3CCCNC3)n2)C1. The molecule has 0 radical (unpaired) electrons. The summed E-state index contributed by atoms with van der Waals surface area (Å²) in [5, 5.41) is 7.92. The minimum absolute atomic E-state index is 0.0586. The normalized spacial score (nSPS) is 26.1. The molecular weight excluding hydrogens is 280 g/mol. The van der Waals surface area contributed by atoms with Crippen LogP contribution in [0.3, 0.4) is 0 Å². The number of aromatic nitrogens is 2. The molecule has 0 aromatic carbocycles. The van der Waals surface area contributed by atoms with Crippen LogP contribution in [0.15, 0.2) is 12.3 Å². The maximum atomic E-state index is 12.6. The molecule has 1 aromatic rings. The molecule has 0 bridgehead atoms. The third-order valence-electron chi connectivity index (χ3n) is 4.68. The topological polar surface area (TPSA) is 59.4 Å². The number of ether oxygens (including phenoxy) is 1. The van der Waals surface area contributed by atoms with Crippen molar-refractivity contribution >= 4 is 5.91 Å². The van der Waals surface area contributed by atoms with Crippen LogP contribution in [0.4, 0.5) is 0 Å². The van der Waals surface area contributed by atoms with E-state index < -0.39 is 0 Å². The van der Waals surface area contributed by atoms with Gasteiger partial charge in [0.15, 0.2) is 0 Å². The molecule has 2 atom stereocenters. The first-order valence-corrected chi connectivity index (χ1v) is 8.32. The Kier molecular flexibility index (Phi) is 5.10. The van der Waals surface area contributed by atoms with Gasteiger partial charge in [0.05, 0.1) is 12.6 Å². The zero-order valence-corrected chi connectivity index (χ0v) is 13.3. The molecule has 122 valence electrons. The van der Waals surface area contributed by atoms with Crippen molar-refractivity contribution in [2.45, 2.75) is 31.7 Å². The fourth-order valence-corrected chi connectivity index (χ4v) is 3.50. The van der Waals surface area contributed by atoms with Crippen molar-refractivity contribution in [2.75, 3.05) is 39.9 Å². The molecule has 0 unspecified atom stereocenters. The van der Waals surface area contributed by atoms with Gasteiger partial charge in [0, 0.05) is 32.9 Å². The quantitative estimate of drug-likeness (QED) is 0.911. The Labute approximate surface area is 131 Å². The van der Waals surface area contributed by atoms with Gasteiger partial charge in [-0.2, -0.15) is 5.10 Å². The summed E-state index contributed by atoms with van der Waals surface area (Å²) < 4.78 is 7.19. The number of hydrogen-bond acceptors (Lipinski definition) is 4. The number of piperidine rings is 2. The zero-order chi connectivity index (χ0) is 15.4. The Morgan fingerprint density at radius 2 is 2.36 bits per heavy atom. The number of nitrogens with zero attached hydrogens (tertiary/aromatic N) is 3. The molecule has 1 N–H and O–H groups in total. The summed E-state index contributed by atoms with van der Waals surface area (Å²) in [5.41, 5.74) is 0.573. The van der Waals surface area contributed by atoms with Crippen molar-refractivity contribution < 1.29 is 9.53 Å². The van der Waals surface area contributed by atoms with Gasteiger partial charge in [-0.15, -0.1) is 0 Å².